The number of benzene rings is 1. The number of aryl methyl sites for hydroxylation is 1. The van der Waals surface area contributed by atoms with Crippen LogP contribution in [0.2, 0.25) is 4.34 Å². The van der Waals surface area contributed by atoms with Gasteiger partial charge in [-0.05, 0) is 52.7 Å². The molecule has 1 nitrogen and oxygen atoms in total. The van der Waals surface area contributed by atoms with E-state index in [2.05, 4.69) is 31.9 Å². The van der Waals surface area contributed by atoms with E-state index in [1.165, 1.54) is 11.3 Å². The van der Waals surface area contributed by atoms with E-state index in [0.717, 1.165) is 14.5 Å². The van der Waals surface area contributed by atoms with Gasteiger partial charge in [0, 0.05) is 14.5 Å². The van der Waals surface area contributed by atoms with Crippen molar-refractivity contribution in [2.45, 2.75) is 6.92 Å². The Morgan fingerprint density at radius 2 is 2.00 bits per heavy atom. The summed E-state index contributed by atoms with van der Waals surface area (Å²) in [7, 11) is 0. The number of thiophene rings is 1. The first-order valence-electron chi connectivity index (χ1n) is 4.74. The summed E-state index contributed by atoms with van der Waals surface area (Å²) < 4.78 is 2.34. The fraction of sp³-hybridized carbons (Fsp3) is 0.0833. The normalized spacial score (nSPS) is 10.6. The highest BCUT2D eigenvalue weighted by atomic mass is 79.9. The van der Waals surface area contributed by atoms with Gasteiger partial charge in [-0.25, -0.2) is 0 Å². The second-order valence-corrected chi connectivity index (χ2v) is 6.94. The van der Waals surface area contributed by atoms with Gasteiger partial charge in [-0.1, -0.05) is 27.5 Å². The number of ketones is 1. The number of halogens is 3. The molecule has 0 bridgehead atoms. The summed E-state index contributed by atoms with van der Waals surface area (Å²) in [5.74, 6) is 0.00704. The van der Waals surface area contributed by atoms with Gasteiger partial charge in [0.25, 0.3) is 0 Å². The number of carbonyl (C=O) groups is 1. The zero-order valence-corrected chi connectivity index (χ0v) is 13.5. The van der Waals surface area contributed by atoms with Crippen molar-refractivity contribution in [1.82, 2.24) is 0 Å². The predicted molar refractivity (Wildman–Crippen MR) is 79.3 cm³/mol. The molecule has 1 aromatic carbocycles. The van der Waals surface area contributed by atoms with Crippen LogP contribution in [-0.2, 0) is 0 Å². The molecule has 1 aromatic heterocycles. The molecule has 0 amide bonds. The van der Waals surface area contributed by atoms with Crippen molar-refractivity contribution in [2.75, 3.05) is 0 Å². The Balaban J connectivity index is 2.43. The first kappa shape index (κ1) is 13.3. The molecule has 0 saturated carbocycles. The Labute approximate surface area is 125 Å². The standard InChI is InChI=1S/C12H7Br2ClOS/c1-6-4-7(13)2-3-8(6)11(16)10-5-9(14)12(15)17-10/h2-5H,1H3. The van der Waals surface area contributed by atoms with Gasteiger partial charge >= 0.3 is 0 Å². The topological polar surface area (TPSA) is 17.1 Å². The molecule has 0 aliphatic rings. The lowest BCUT2D eigenvalue weighted by Crippen LogP contribution is -2.01. The minimum Gasteiger partial charge on any atom is -0.288 e. The van der Waals surface area contributed by atoms with Crippen molar-refractivity contribution in [1.29, 1.82) is 0 Å². The first-order valence-corrected chi connectivity index (χ1v) is 7.53. The largest absolute Gasteiger partial charge is 0.288 e. The summed E-state index contributed by atoms with van der Waals surface area (Å²) in [6.07, 6.45) is 0. The highest BCUT2D eigenvalue weighted by molar-refractivity contribution is 9.10. The van der Waals surface area contributed by atoms with Crippen LogP contribution in [0.15, 0.2) is 33.2 Å². The van der Waals surface area contributed by atoms with E-state index < -0.39 is 0 Å². The quantitative estimate of drug-likeness (QED) is 0.618. The molecule has 0 spiro atoms. The van der Waals surface area contributed by atoms with E-state index >= 15 is 0 Å². The van der Waals surface area contributed by atoms with Crippen LogP contribution < -0.4 is 0 Å². The van der Waals surface area contributed by atoms with E-state index in [-0.39, 0.29) is 5.78 Å². The van der Waals surface area contributed by atoms with Gasteiger partial charge in [-0.15, -0.1) is 11.3 Å². The number of hydrogen-bond donors (Lipinski definition) is 0. The Morgan fingerprint density at radius 3 is 2.53 bits per heavy atom. The smallest absolute Gasteiger partial charge is 0.203 e. The molecular formula is C12H7Br2ClOS. The van der Waals surface area contributed by atoms with Crippen molar-refractivity contribution in [3.63, 3.8) is 0 Å². The van der Waals surface area contributed by atoms with Crippen LogP contribution in [0.4, 0.5) is 0 Å². The Morgan fingerprint density at radius 1 is 1.29 bits per heavy atom. The van der Waals surface area contributed by atoms with Crippen molar-refractivity contribution in [3.05, 3.63) is 53.6 Å². The van der Waals surface area contributed by atoms with Crippen molar-refractivity contribution >= 4 is 60.6 Å². The molecule has 5 heteroatoms. The van der Waals surface area contributed by atoms with Crippen LogP contribution in [0.1, 0.15) is 20.8 Å². The zero-order valence-electron chi connectivity index (χ0n) is 8.76. The number of carbonyl (C=O) groups excluding carboxylic acids is 1. The molecule has 0 N–H and O–H groups in total. The molecule has 88 valence electrons. The third kappa shape index (κ3) is 2.81. The molecule has 0 aliphatic heterocycles. The minimum absolute atomic E-state index is 0.00704. The van der Waals surface area contributed by atoms with Crippen LogP contribution in [-0.4, -0.2) is 5.78 Å². The van der Waals surface area contributed by atoms with E-state index in [1.54, 1.807) is 6.07 Å². The summed E-state index contributed by atoms with van der Waals surface area (Å²) in [6, 6.07) is 7.38. The maximum Gasteiger partial charge on any atom is 0.203 e. The van der Waals surface area contributed by atoms with Crippen LogP contribution in [0.25, 0.3) is 0 Å². The molecule has 0 atom stereocenters. The number of rotatable bonds is 2. The van der Waals surface area contributed by atoms with Gasteiger partial charge in [-0.3, -0.25) is 4.79 Å². The highest BCUT2D eigenvalue weighted by Crippen LogP contribution is 2.33. The molecule has 1 heterocycles. The molecule has 0 unspecified atom stereocenters. The first-order chi connectivity index (χ1) is 7.99. The predicted octanol–water partition coefficient (Wildman–Crippen LogP) is 5.47. The summed E-state index contributed by atoms with van der Waals surface area (Å²) in [4.78, 5) is 12.9. The maximum atomic E-state index is 12.3. The van der Waals surface area contributed by atoms with Crippen molar-refractivity contribution in [2.24, 2.45) is 0 Å². The van der Waals surface area contributed by atoms with Crippen LogP contribution >= 0.6 is 54.8 Å². The van der Waals surface area contributed by atoms with Gasteiger partial charge in [-0.2, -0.15) is 0 Å². The monoisotopic (exact) mass is 392 g/mol. The van der Waals surface area contributed by atoms with Gasteiger partial charge in [0.1, 0.15) is 4.34 Å². The van der Waals surface area contributed by atoms with Crippen LogP contribution in [0.5, 0.6) is 0 Å². The highest BCUT2D eigenvalue weighted by Gasteiger charge is 2.16. The van der Waals surface area contributed by atoms with Gasteiger partial charge in [0.05, 0.1) is 4.88 Å². The third-order valence-corrected chi connectivity index (χ3v) is 5.27. The van der Waals surface area contributed by atoms with Crippen LogP contribution in [0.3, 0.4) is 0 Å². The third-order valence-electron chi connectivity index (χ3n) is 2.30. The second-order valence-electron chi connectivity index (χ2n) is 3.52. The van der Waals surface area contributed by atoms with Gasteiger partial charge < -0.3 is 0 Å². The lowest BCUT2D eigenvalue weighted by Gasteiger charge is -2.03. The van der Waals surface area contributed by atoms with Gasteiger partial charge in [0.2, 0.25) is 5.78 Å². The maximum absolute atomic E-state index is 12.3. The Kier molecular flexibility index (Phi) is 4.08. The lowest BCUT2D eigenvalue weighted by molar-refractivity contribution is 0.104. The van der Waals surface area contributed by atoms with Crippen molar-refractivity contribution in [3.8, 4) is 0 Å². The van der Waals surface area contributed by atoms with E-state index in [4.69, 9.17) is 11.6 Å². The molecule has 17 heavy (non-hydrogen) atoms. The average Bonchev–Trinajstić information content (AvgIpc) is 2.58. The van der Waals surface area contributed by atoms with E-state index in [1.807, 2.05) is 25.1 Å². The Hall–Kier alpha value is -0.160. The van der Waals surface area contributed by atoms with Crippen molar-refractivity contribution < 1.29 is 4.79 Å². The van der Waals surface area contributed by atoms with E-state index in [9.17, 15) is 4.79 Å². The molecule has 2 aromatic rings. The molecule has 0 radical (unpaired) electrons. The SMILES string of the molecule is Cc1cc(Br)ccc1C(=O)c1cc(Br)c(Cl)s1. The molecule has 0 aliphatic carbocycles. The Bertz CT molecular complexity index is 573. The molecular weight excluding hydrogens is 387 g/mol. The van der Waals surface area contributed by atoms with E-state index in [0.29, 0.717) is 14.8 Å². The summed E-state index contributed by atoms with van der Waals surface area (Å²) >= 11 is 13.9. The fourth-order valence-electron chi connectivity index (χ4n) is 1.47. The lowest BCUT2D eigenvalue weighted by atomic mass is 10.0. The zero-order chi connectivity index (χ0) is 12.6. The fourth-order valence-corrected chi connectivity index (χ4v) is 3.60. The minimum atomic E-state index is 0.00704. The summed E-state index contributed by atoms with van der Waals surface area (Å²) in [6.45, 7) is 1.92. The van der Waals surface area contributed by atoms with Gasteiger partial charge in [0.15, 0.2) is 0 Å². The molecule has 0 saturated heterocycles. The number of hydrogen-bond acceptors (Lipinski definition) is 2. The molecule has 0 fully saturated rings. The molecule has 2 rings (SSSR count). The summed E-state index contributed by atoms with van der Waals surface area (Å²) in [5, 5.41) is 0. The van der Waals surface area contributed by atoms with Crippen LogP contribution in [0, 0.1) is 6.92 Å². The summed E-state index contributed by atoms with van der Waals surface area (Å²) in [5.41, 5.74) is 1.66. The second kappa shape index (κ2) is 5.22. The average molecular weight is 395 g/mol.